The molecule has 16 heavy (non-hydrogen) atoms. The first kappa shape index (κ1) is 10.00. The molecule has 4 heteroatoms. The molecule has 1 aliphatic heterocycles. The lowest BCUT2D eigenvalue weighted by molar-refractivity contribution is 0.193. The van der Waals surface area contributed by atoms with Gasteiger partial charge in [0.1, 0.15) is 0 Å². The highest BCUT2D eigenvalue weighted by atomic mass is 35.5. The van der Waals surface area contributed by atoms with Gasteiger partial charge in [0.25, 0.3) is 0 Å². The van der Waals surface area contributed by atoms with Gasteiger partial charge in [0.2, 0.25) is 0 Å². The van der Waals surface area contributed by atoms with Gasteiger partial charge in [-0.15, -0.1) is 5.10 Å². The molecule has 1 aromatic heterocycles. The van der Waals surface area contributed by atoms with Crippen LogP contribution in [0.25, 0.3) is 10.8 Å². The van der Waals surface area contributed by atoms with E-state index < -0.39 is 0 Å². The quantitative estimate of drug-likeness (QED) is 0.761. The molecule has 0 spiro atoms. The topological polar surface area (TPSA) is 35.0 Å². The predicted molar refractivity (Wildman–Crippen MR) is 62.7 cm³/mol. The van der Waals surface area contributed by atoms with Crippen molar-refractivity contribution in [2.45, 2.75) is 12.3 Å². The maximum Gasteiger partial charge on any atom is 0.159 e. The van der Waals surface area contributed by atoms with Gasteiger partial charge in [-0.3, -0.25) is 0 Å². The second-order valence-electron chi connectivity index (χ2n) is 3.98. The summed E-state index contributed by atoms with van der Waals surface area (Å²) >= 11 is 6.03. The molecule has 1 unspecified atom stereocenters. The lowest BCUT2D eigenvalue weighted by Gasteiger charge is -2.10. The molecule has 0 radical (unpaired) electrons. The van der Waals surface area contributed by atoms with Crippen LogP contribution in [0.5, 0.6) is 0 Å². The maximum atomic E-state index is 6.03. The van der Waals surface area contributed by atoms with Gasteiger partial charge >= 0.3 is 0 Å². The van der Waals surface area contributed by atoms with E-state index in [0.717, 1.165) is 36.1 Å². The van der Waals surface area contributed by atoms with Crippen molar-refractivity contribution in [3.05, 3.63) is 35.1 Å². The molecule has 3 rings (SSSR count). The number of ether oxygens (including phenoxy) is 1. The number of rotatable bonds is 1. The highest BCUT2D eigenvalue weighted by molar-refractivity contribution is 6.34. The van der Waals surface area contributed by atoms with E-state index in [2.05, 4.69) is 10.2 Å². The smallest absolute Gasteiger partial charge is 0.159 e. The number of nitrogens with zero attached hydrogens (tertiary/aromatic N) is 2. The number of fused-ring (bicyclic) bond motifs is 1. The largest absolute Gasteiger partial charge is 0.381 e. The van der Waals surface area contributed by atoms with E-state index in [1.807, 2.05) is 24.3 Å². The van der Waals surface area contributed by atoms with Gasteiger partial charge in [-0.05, 0) is 6.42 Å². The van der Waals surface area contributed by atoms with Gasteiger partial charge in [0.15, 0.2) is 5.15 Å². The third-order valence-corrected chi connectivity index (χ3v) is 3.27. The minimum atomic E-state index is 0.356. The second kappa shape index (κ2) is 4.00. The summed E-state index contributed by atoms with van der Waals surface area (Å²) in [5.41, 5.74) is 1.01. The first-order valence-electron chi connectivity index (χ1n) is 5.35. The van der Waals surface area contributed by atoms with Crippen molar-refractivity contribution in [2.75, 3.05) is 13.2 Å². The summed E-state index contributed by atoms with van der Waals surface area (Å²) in [6.07, 6.45) is 1.01. The lowest BCUT2D eigenvalue weighted by Crippen LogP contribution is -2.03. The fourth-order valence-corrected chi connectivity index (χ4v) is 2.35. The Balaban J connectivity index is 2.21. The minimum Gasteiger partial charge on any atom is -0.381 e. The van der Waals surface area contributed by atoms with E-state index in [0.29, 0.717) is 11.1 Å². The van der Waals surface area contributed by atoms with Crippen LogP contribution in [0.1, 0.15) is 18.0 Å². The first-order chi connectivity index (χ1) is 7.86. The molecule has 0 N–H and O–H groups in total. The molecule has 2 aromatic rings. The number of benzene rings is 1. The molecule has 1 aliphatic rings. The highest BCUT2D eigenvalue weighted by Crippen LogP contribution is 2.31. The van der Waals surface area contributed by atoms with Crippen LogP contribution in [-0.2, 0) is 4.74 Å². The number of hydrogen-bond acceptors (Lipinski definition) is 3. The van der Waals surface area contributed by atoms with Crippen LogP contribution >= 0.6 is 11.6 Å². The van der Waals surface area contributed by atoms with Crippen molar-refractivity contribution < 1.29 is 4.74 Å². The summed E-state index contributed by atoms with van der Waals surface area (Å²) < 4.78 is 5.39. The summed E-state index contributed by atoms with van der Waals surface area (Å²) in [7, 11) is 0. The maximum absolute atomic E-state index is 6.03. The SMILES string of the molecule is Clc1nnc(C2CCOC2)c2ccccc12. The van der Waals surface area contributed by atoms with Gasteiger partial charge < -0.3 is 4.74 Å². The molecule has 3 nitrogen and oxygen atoms in total. The summed E-state index contributed by atoms with van der Waals surface area (Å²) in [5.74, 6) is 0.356. The third kappa shape index (κ3) is 1.56. The Hall–Kier alpha value is -1.19. The van der Waals surface area contributed by atoms with E-state index in [9.17, 15) is 0 Å². The first-order valence-corrected chi connectivity index (χ1v) is 5.72. The Bertz CT molecular complexity index is 523. The van der Waals surface area contributed by atoms with E-state index in [1.165, 1.54) is 0 Å². The molecular weight excluding hydrogens is 224 g/mol. The normalized spacial score (nSPS) is 20.4. The second-order valence-corrected chi connectivity index (χ2v) is 4.34. The highest BCUT2D eigenvalue weighted by Gasteiger charge is 2.22. The molecule has 2 heterocycles. The van der Waals surface area contributed by atoms with Crippen molar-refractivity contribution in [2.24, 2.45) is 0 Å². The lowest BCUT2D eigenvalue weighted by atomic mass is 9.99. The monoisotopic (exact) mass is 234 g/mol. The van der Waals surface area contributed by atoms with Crippen molar-refractivity contribution in [1.29, 1.82) is 0 Å². The fraction of sp³-hybridized carbons (Fsp3) is 0.333. The average Bonchev–Trinajstić information content (AvgIpc) is 2.83. The van der Waals surface area contributed by atoms with Gasteiger partial charge in [-0.25, -0.2) is 0 Å². The average molecular weight is 235 g/mol. The van der Waals surface area contributed by atoms with Crippen molar-refractivity contribution >= 4 is 22.4 Å². The predicted octanol–water partition coefficient (Wildman–Crippen LogP) is 2.79. The molecule has 0 bridgehead atoms. The fourth-order valence-electron chi connectivity index (χ4n) is 2.14. The Morgan fingerprint density at radius 1 is 1.19 bits per heavy atom. The van der Waals surface area contributed by atoms with Gasteiger partial charge in [0.05, 0.1) is 12.3 Å². The molecule has 1 atom stereocenters. The summed E-state index contributed by atoms with van der Waals surface area (Å²) in [6.45, 7) is 1.55. The minimum absolute atomic E-state index is 0.356. The van der Waals surface area contributed by atoms with E-state index in [-0.39, 0.29) is 0 Å². The number of halogens is 1. The van der Waals surface area contributed by atoms with Gasteiger partial charge in [-0.1, -0.05) is 35.9 Å². The Morgan fingerprint density at radius 2 is 2.00 bits per heavy atom. The van der Waals surface area contributed by atoms with Gasteiger partial charge in [-0.2, -0.15) is 5.10 Å². The van der Waals surface area contributed by atoms with Crippen LogP contribution in [0.15, 0.2) is 24.3 Å². The molecular formula is C12H11ClN2O. The molecule has 82 valence electrons. The van der Waals surface area contributed by atoms with E-state index in [1.54, 1.807) is 0 Å². The third-order valence-electron chi connectivity index (χ3n) is 2.99. The molecule has 1 aromatic carbocycles. The van der Waals surface area contributed by atoms with Gasteiger partial charge in [0, 0.05) is 23.3 Å². The van der Waals surface area contributed by atoms with Crippen LogP contribution in [-0.4, -0.2) is 23.4 Å². The zero-order chi connectivity index (χ0) is 11.0. The van der Waals surface area contributed by atoms with Crippen LogP contribution in [0.4, 0.5) is 0 Å². The molecule has 0 amide bonds. The zero-order valence-electron chi connectivity index (χ0n) is 8.69. The van der Waals surface area contributed by atoms with Crippen molar-refractivity contribution in [1.82, 2.24) is 10.2 Å². The summed E-state index contributed by atoms with van der Waals surface area (Å²) in [5, 5.41) is 10.8. The van der Waals surface area contributed by atoms with Crippen molar-refractivity contribution in [3.63, 3.8) is 0 Å². The molecule has 0 saturated carbocycles. The summed E-state index contributed by atoms with van der Waals surface area (Å²) in [4.78, 5) is 0. The van der Waals surface area contributed by atoms with Crippen LogP contribution in [0.3, 0.4) is 0 Å². The summed E-state index contributed by atoms with van der Waals surface area (Å²) in [6, 6.07) is 7.99. The Morgan fingerprint density at radius 3 is 2.75 bits per heavy atom. The molecule has 1 fully saturated rings. The van der Waals surface area contributed by atoms with Crippen LogP contribution in [0.2, 0.25) is 5.15 Å². The zero-order valence-corrected chi connectivity index (χ0v) is 9.44. The number of hydrogen-bond donors (Lipinski definition) is 0. The number of aromatic nitrogens is 2. The molecule has 0 aliphatic carbocycles. The van der Waals surface area contributed by atoms with Crippen LogP contribution in [0, 0.1) is 0 Å². The Kier molecular flexibility index (Phi) is 2.50. The van der Waals surface area contributed by atoms with E-state index >= 15 is 0 Å². The standard InChI is InChI=1S/C12H11ClN2O/c13-12-10-4-2-1-3-9(10)11(14-15-12)8-5-6-16-7-8/h1-4,8H,5-7H2. The van der Waals surface area contributed by atoms with E-state index in [4.69, 9.17) is 16.3 Å². The van der Waals surface area contributed by atoms with Crippen molar-refractivity contribution in [3.8, 4) is 0 Å². The molecule has 1 saturated heterocycles. The van der Waals surface area contributed by atoms with Crippen LogP contribution < -0.4 is 0 Å². The Labute approximate surface area is 98.4 Å².